The SMILES string of the molecule is COCCCCc1ccc(/C(=C/[C@H]2CCC(=O)N2)c2ccc(Cl)c(=O)[nH]2)cc1. The second-order valence-electron chi connectivity index (χ2n) is 6.99. The van der Waals surface area contributed by atoms with Crippen LogP contribution < -0.4 is 10.9 Å². The molecule has 1 aromatic heterocycles. The highest BCUT2D eigenvalue weighted by molar-refractivity contribution is 6.30. The quantitative estimate of drug-likeness (QED) is 0.663. The van der Waals surface area contributed by atoms with Crippen molar-refractivity contribution >= 4 is 23.1 Å². The number of halogens is 1. The number of aryl methyl sites for hydroxylation is 1. The molecule has 6 heteroatoms. The van der Waals surface area contributed by atoms with Crippen molar-refractivity contribution in [3.63, 3.8) is 0 Å². The van der Waals surface area contributed by atoms with E-state index in [4.69, 9.17) is 16.3 Å². The number of aromatic nitrogens is 1. The zero-order valence-electron chi connectivity index (χ0n) is 16.0. The fourth-order valence-corrected chi connectivity index (χ4v) is 3.46. The molecule has 0 saturated carbocycles. The second-order valence-corrected chi connectivity index (χ2v) is 7.40. The molecule has 1 atom stereocenters. The van der Waals surface area contributed by atoms with Gasteiger partial charge in [0.15, 0.2) is 0 Å². The molecule has 1 aliphatic rings. The van der Waals surface area contributed by atoms with Gasteiger partial charge in [0.2, 0.25) is 5.91 Å². The van der Waals surface area contributed by atoms with E-state index in [2.05, 4.69) is 34.6 Å². The molecule has 1 fully saturated rings. The number of pyridine rings is 1. The molecule has 1 amide bonds. The second kappa shape index (κ2) is 9.71. The van der Waals surface area contributed by atoms with Gasteiger partial charge in [-0.05, 0) is 48.9 Å². The summed E-state index contributed by atoms with van der Waals surface area (Å²) >= 11 is 5.88. The zero-order chi connectivity index (χ0) is 19.9. The van der Waals surface area contributed by atoms with Crippen LogP contribution in [0.3, 0.4) is 0 Å². The lowest BCUT2D eigenvalue weighted by Gasteiger charge is -2.13. The first-order chi connectivity index (χ1) is 13.6. The van der Waals surface area contributed by atoms with E-state index in [-0.39, 0.29) is 22.5 Å². The minimum Gasteiger partial charge on any atom is -0.385 e. The van der Waals surface area contributed by atoms with Crippen LogP contribution >= 0.6 is 11.6 Å². The van der Waals surface area contributed by atoms with Crippen LogP contribution in [-0.4, -0.2) is 30.6 Å². The van der Waals surface area contributed by atoms with Gasteiger partial charge in [-0.2, -0.15) is 0 Å². The number of ether oxygens (including phenoxy) is 1. The lowest BCUT2D eigenvalue weighted by Crippen LogP contribution is -2.23. The molecule has 1 saturated heterocycles. The van der Waals surface area contributed by atoms with Gasteiger partial charge in [-0.15, -0.1) is 0 Å². The first kappa shape index (κ1) is 20.4. The monoisotopic (exact) mass is 400 g/mol. The van der Waals surface area contributed by atoms with Crippen LogP contribution in [0.1, 0.15) is 42.5 Å². The van der Waals surface area contributed by atoms with Gasteiger partial charge in [-0.1, -0.05) is 41.9 Å². The van der Waals surface area contributed by atoms with E-state index in [1.807, 2.05) is 6.08 Å². The zero-order valence-corrected chi connectivity index (χ0v) is 16.7. The number of methoxy groups -OCH3 is 1. The van der Waals surface area contributed by atoms with Crippen molar-refractivity contribution in [1.29, 1.82) is 0 Å². The molecule has 0 spiro atoms. The summed E-state index contributed by atoms with van der Waals surface area (Å²) in [6.45, 7) is 0.780. The Bertz CT molecular complexity index is 903. The summed E-state index contributed by atoms with van der Waals surface area (Å²) in [5.41, 5.74) is 3.49. The molecule has 1 aliphatic heterocycles. The van der Waals surface area contributed by atoms with Crippen LogP contribution in [0.5, 0.6) is 0 Å². The fourth-order valence-electron chi connectivity index (χ4n) is 3.34. The molecule has 5 nitrogen and oxygen atoms in total. The Balaban J connectivity index is 1.86. The fraction of sp³-hybridized carbons (Fsp3) is 0.364. The maximum atomic E-state index is 12.0. The molecule has 3 rings (SSSR count). The van der Waals surface area contributed by atoms with Crippen LogP contribution in [0.15, 0.2) is 47.3 Å². The van der Waals surface area contributed by atoms with Gasteiger partial charge in [0, 0.05) is 37.4 Å². The Kier molecular flexibility index (Phi) is 7.06. The van der Waals surface area contributed by atoms with E-state index >= 15 is 0 Å². The Hall–Kier alpha value is -2.37. The highest BCUT2D eigenvalue weighted by atomic mass is 35.5. The molecule has 2 heterocycles. The summed E-state index contributed by atoms with van der Waals surface area (Å²) < 4.78 is 5.09. The largest absolute Gasteiger partial charge is 0.385 e. The molecule has 2 aromatic rings. The van der Waals surface area contributed by atoms with Gasteiger partial charge in [0.25, 0.3) is 5.56 Å². The molecular weight excluding hydrogens is 376 g/mol. The number of benzene rings is 1. The number of carbonyl (C=O) groups excluding carboxylic acids is 1. The molecule has 0 unspecified atom stereocenters. The van der Waals surface area contributed by atoms with Crippen molar-refractivity contribution in [1.82, 2.24) is 10.3 Å². The smallest absolute Gasteiger partial charge is 0.267 e. The van der Waals surface area contributed by atoms with Gasteiger partial charge < -0.3 is 15.0 Å². The van der Waals surface area contributed by atoms with Gasteiger partial charge in [0.05, 0.1) is 0 Å². The Morgan fingerprint density at radius 1 is 1.18 bits per heavy atom. The van der Waals surface area contributed by atoms with Gasteiger partial charge in [-0.3, -0.25) is 9.59 Å². The number of rotatable bonds is 8. The number of hydrogen-bond acceptors (Lipinski definition) is 3. The van der Waals surface area contributed by atoms with E-state index in [0.717, 1.165) is 43.4 Å². The minimum atomic E-state index is -0.324. The Morgan fingerprint density at radius 2 is 1.96 bits per heavy atom. The predicted octanol–water partition coefficient (Wildman–Crippen LogP) is 3.71. The third-order valence-corrected chi connectivity index (χ3v) is 5.17. The van der Waals surface area contributed by atoms with Crippen LogP contribution in [-0.2, 0) is 16.0 Å². The van der Waals surface area contributed by atoms with E-state index in [1.165, 1.54) is 5.56 Å². The Morgan fingerprint density at radius 3 is 2.61 bits per heavy atom. The summed E-state index contributed by atoms with van der Waals surface area (Å²) in [5, 5.41) is 3.11. The lowest BCUT2D eigenvalue weighted by atomic mass is 9.97. The standard InChI is InChI=1S/C22H25ClN2O3/c1-28-13-3-2-4-15-5-7-16(8-6-15)18(14-17-9-12-21(26)24-17)20-11-10-19(23)22(27)25-20/h5-8,10-11,14,17H,2-4,9,12-13H2,1H3,(H,24,26)(H,25,27)/b18-14-/t17-/m1/s1. The Labute approximate surface area is 169 Å². The first-order valence-electron chi connectivity index (χ1n) is 9.55. The van der Waals surface area contributed by atoms with Crippen molar-refractivity contribution < 1.29 is 9.53 Å². The van der Waals surface area contributed by atoms with Crippen molar-refractivity contribution in [2.75, 3.05) is 13.7 Å². The molecule has 1 aromatic carbocycles. The number of unbranched alkanes of at least 4 members (excludes halogenated alkanes) is 1. The van der Waals surface area contributed by atoms with Crippen LogP contribution in [0.25, 0.3) is 5.57 Å². The molecular formula is C22H25ClN2O3. The van der Waals surface area contributed by atoms with Gasteiger partial charge >= 0.3 is 0 Å². The maximum Gasteiger partial charge on any atom is 0.267 e. The lowest BCUT2D eigenvalue weighted by molar-refractivity contribution is -0.119. The third kappa shape index (κ3) is 5.33. The number of hydrogen-bond donors (Lipinski definition) is 2. The highest BCUT2D eigenvalue weighted by Gasteiger charge is 2.20. The van der Waals surface area contributed by atoms with Crippen molar-refractivity contribution in [3.05, 3.63) is 74.7 Å². The summed E-state index contributed by atoms with van der Waals surface area (Å²) in [6.07, 6.45) is 6.39. The van der Waals surface area contributed by atoms with Crippen molar-refractivity contribution in [2.45, 2.75) is 38.1 Å². The number of amides is 1. The van der Waals surface area contributed by atoms with Crippen molar-refractivity contribution in [3.8, 4) is 0 Å². The molecule has 0 bridgehead atoms. The van der Waals surface area contributed by atoms with E-state index < -0.39 is 0 Å². The molecule has 28 heavy (non-hydrogen) atoms. The topological polar surface area (TPSA) is 71.2 Å². The summed E-state index contributed by atoms with van der Waals surface area (Å²) in [7, 11) is 1.72. The number of carbonyl (C=O) groups is 1. The van der Waals surface area contributed by atoms with Crippen molar-refractivity contribution in [2.24, 2.45) is 0 Å². The summed E-state index contributed by atoms with van der Waals surface area (Å²) in [5.74, 6) is 0.0524. The number of aromatic amines is 1. The van der Waals surface area contributed by atoms with Crippen LogP contribution in [0, 0.1) is 0 Å². The number of nitrogens with one attached hydrogen (secondary N) is 2. The average molecular weight is 401 g/mol. The third-order valence-electron chi connectivity index (χ3n) is 4.88. The summed E-state index contributed by atoms with van der Waals surface area (Å²) in [4.78, 5) is 26.4. The van der Waals surface area contributed by atoms with E-state index in [1.54, 1.807) is 19.2 Å². The van der Waals surface area contributed by atoms with Gasteiger partial charge in [0.1, 0.15) is 5.02 Å². The van der Waals surface area contributed by atoms with Crippen LogP contribution in [0.4, 0.5) is 0 Å². The maximum absolute atomic E-state index is 12.0. The first-order valence-corrected chi connectivity index (χ1v) is 9.93. The van der Waals surface area contributed by atoms with E-state index in [0.29, 0.717) is 12.1 Å². The summed E-state index contributed by atoms with van der Waals surface area (Å²) in [6, 6.07) is 11.7. The average Bonchev–Trinajstić information content (AvgIpc) is 3.11. The molecule has 0 aliphatic carbocycles. The molecule has 0 radical (unpaired) electrons. The van der Waals surface area contributed by atoms with Gasteiger partial charge in [-0.25, -0.2) is 0 Å². The number of H-pyrrole nitrogens is 1. The van der Waals surface area contributed by atoms with E-state index in [9.17, 15) is 9.59 Å². The molecule has 2 N–H and O–H groups in total. The predicted molar refractivity (Wildman–Crippen MR) is 112 cm³/mol. The normalized spacial score (nSPS) is 17.0. The highest BCUT2D eigenvalue weighted by Crippen LogP contribution is 2.25. The molecule has 148 valence electrons. The van der Waals surface area contributed by atoms with Crippen LogP contribution in [0.2, 0.25) is 5.02 Å². The minimum absolute atomic E-state index is 0.0459.